The van der Waals surface area contributed by atoms with Crippen molar-refractivity contribution in [3.05, 3.63) is 130 Å². The second kappa shape index (κ2) is 14.6. The number of likely N-dealkylation sites (tertiary alicyclic amines) is 2. The second-order valence-electron chi connectivity index (χ2n) is 14.2. The lowest BCUT2D eigenvalue weighted by molar-refractivity contribution is -0.253. The molecule has 1 N–H and O–H groups in total. The van der Waals surface area contributed by atoms with Gasteiger partial charge in [-0.3, -0.25) is 19.4 Å². The van der Waals surface area contributed by atoms with Crippen LogP contribution < -0.4 is 0 Å². The number of benzene rings is 4. The third-order valence-corrected chi connectivity index (χ3v) is 10.9. The SMILES string of the molecule is O=C1c2ccccc2C(=O)N1Cc1cccc(-c2cccc(C3OC(CN4CCCC4CN4CCCC4)CC(c4ccc(CO)cc4)O3)c2)c1. The minimum Gasteiger partial charge on any atom is -0.392 e. The Morgan fingerprint density at radius 2 is 1.40 bits per heavy atom. The van der Waals surface area contributed by atoms with E-state index in [1.165, 1.54) is 43.7 Å². The fraction of sp³-hybridized carbons (Fsp3) is 0.381. The van der Waals surface area contributed by atoms with E-state index in [1.54, 1.807) is 24.3 Å². The fourth-order valence-corrected chi connectivity index (χ4v) is 8.18. The van der Waals surface area contributed by atoms with Crippen LogP contribution in [0.3, 0.4) is 0 Å². The molecule has 8 heteroatoms. The van der Waals surface area contributed by atoms with Gasteiger partial charge < -0.3 is 19.5 Å². The molecular weight excluding hydrogens is 626 g/mol. The largest absolute Gasteiger partial charge is 0.392 e. The van der Waals surface area contributed by atoms with E-state index in [9.17, 15) is 14.7 Å². The Labute approximate surface area is 294 Å². The van der Waals surface area contributed by atoms with Crippen molar-refractivity contribution in [2.45, 2.75) is 69.8 Å². The normalized spacial score (nSPS) is 24.3. The third-order valence-electron chi connectivity index (χ3n) is 10.9. The summed E-state index contributed by atoms with van der Waals surface area (Å²) in [6.45, 7) is 5.78. The van der Waals surface area contributed by atoms with Gasteiger partial charge in [0.1, 0.15) is 0 Å². The van der Waals surface area contributed by atoms with Crippen LogP contribution in [0, 0.1) is 0 Å². The molecule has 0 aliphatic carbocycles. The van der Waals surface area contributed by atoms with Crippen molar-refractivity contribution >= 4 is 11.8 Å². The number of hydrogen-bond acceptors (Lipinski definition) is 7. The van der Waals surface area contributed by atoms with Crippen molar-refractivity contribution in [1.82, 2.24) is 14.7 Å². The molecule has 0 aromatic heterocycles. The minimum atomic E-state index is -0.544. The number of fused-ring (bicyclic) bond motifs is 1. The molecule has 8 nitrogen and oxygen atoms in total. The monoisotopic (exact) mass is 671 g/mol. The number of carbonyl (C=O) groups is 2. The first-order valence-corrected chi connectivity index (χ1v) is 18.1. The number of carbonyl (C=O) groups excluding carboxylic acids is 2. The summed E-state index contributed by atoms with van der Waals surface area (Å²) in [5.41, 5.74) is 6.73. The average molecular weight is 672 g/mol. The standard InChI is InChI=1S/C42H45N3O5/c46-28-29-15-17-31(18-16-29)39-24-36(27-44-21-7-12-35(44)26-43-19-3-4-20-43)49-42(50-39)34-11-6-10-33(23-34)32-9-5-8-30(22-32)25-45-40(47)37-13-1-2-14-38(37)41(45)48/h1-2,5-6,8-11,13-18,22-23,35-36,39,42,46H,3-4,7,12,19-21,24-28H2. The van der Waals surface area contributed by atoms with Crippen molar-refractivity contribution in [2.24, 2.45) is 0 Å². The summed E-state index contributed by atoms with van der Waals surface area (Å²) >= 11 is 0. The minimum absolute atomic E-state index is 0.00193. The van der Waals surface area contributed by atoms with Crippen molar-refractivity contribution in [3.8, 4) is 11.1 Å². The van der Waals surface area contributed by atoms with Gasteiger partial charge in [-0.1, -0.05) is 72.8 Å². The Morgan fingerprint density at radius 3 is 2.14 bits per heavy atom. The molecule has 3 saturated heterocycles. The number of ether oxygens (including phenoxy) is 2. The maximum absolute atomic E-state index is 13.0. The molecule has 0 bridgehead atoms. The Balaban J connectivity index is 1.02. The molecule has 0 radical (unpaired) electrons. The number of rotatable bonds is 10. The van der Waals surface area contributed by atoms with Crippen LogP contribution in [0.25, 0.3) is 11.1 Å². The number of aliphatic hydroxyl groups is 1. The zero-order valence-electron chi connectivity index (χ0n) is 28.5. The molecule has 4 aliphatic rings. The zero-order chi connectivity index (χ0) is 34.0. The van der Waals surface area contributed by atoms with Crippen LogP contribution >= 0.6 is 0 Å². The third kappa shape index (κ3) is 6.91. The molecule has 50 heavy (non-hydrogen) atoms. The maximum atomic E-state index is 13.0. The lowest BCUT2D eigenvalue weighted by Crippen LogP contribution is -2.45. The molecule has 0 spiro atoms. The van der Waals surface area contributed by atoms with Gasteiger partial charge in [0.15, 0.2) is 6.29 Å². The fourth-order valence-electron chi connectivity index (χ4n) is 8.18. The Morgan fingerprint density at radius 1 is 0.680 bits per heavy atom. The zero-order valence-corrected chi connectivity index (χ0v) is 28.5. The van der Waals surface area contributed by atoms with Crippen LogP contribution in [0.4, 0.5) is 0 Å². The smallest absolute Gasteiger partial charge is 0.261 e. The average Bonchev–Trinajstić information content (AvgIpc) is 3.90. The molecule has 3 fully saturated rings. The van der Waals surface area contributed by atoms with Gasteiger partial charge in [-0.05, 0) is 97.4 Å². The van der Waals surface area contributed by atoms with Gasteiger partial charge in [0.25, 0.3) is 11.8 Å². The van der Waals surface area contributed by atoms with Crippen LogP contribution in [0.2, 0.25) is 0 Å². The van der Waals surface area contributed by atoms with Crippen LogP contribution in [0.5, 0.6) is 0 Å². The summed E-state index contributed by atoms with van der Waals surface area (Å²) in [6, 6.07) is 32.0. The maximum Gasteiger partial charge on any atom is 0.261 e. The highest BCUT2D eigenvalue weighted by Gasteiger charge is 2.37. The lowest BCUT2D eigenvalue weighted by atomic mass is 9.98. The van der Waals surface area contributed by atoms with E-state index in [0.29, 0.717) is 17.2 Å². The molecule has 4 heterocycles. The lowest BCUT2D eigenvalue weighted by Gasteiger charge is -2.39. The summed E-state index contributed by atoms with van der Waals surface area (Å²) < 4.78 is 13.5. The van der Waals surface area contributed by atoms with Crippen molar-refractivity contribution in [2.75, 3.05) is 32.7 Å². The highest BCUT2D eigenvalue weighted by atomic mass is 16.7. The van der Waals surface area contributed by atoms with Gasteiger partial charge in [-0.15, -0.1) is 0 Å². The van der Waals surface area contributed by atoms with Crippen molar-refractivity contribution in [3.63, 3.8) is 0 Å². The molecule has 4 unspecified atom stereocenters. The summed E-state index contributed by atoms with van der Waals surface area (Å²) in [6.07, 6.45) is 5.17. The number of amides is 2. The summed E-state index contributed by atoms with van der Waals surface area (Å²) in [5.74, 6) is -0.507. The van der Waals surface area contributed by atoms with Gasteiger partial charge in [0, 0.05) is 31.1 Å². The van der Waals surface area contributed by atoms with Crippen LogP contribution in [-0.2, 0) is 22.6 Å². The van der Waals surface area contributed by atoms with Crippen LogP contribution in [0.1, 0.15) is 87.5 Å². The summed E-state index contributed by atoms with van der Waals surface area (Å²) in [5, 5.41) is 9.63. The first-order chi connectivity index (χ1) is 24.5. The second-order valence-corrected chi connectivity index (χ2v) is 14.2. The predicted octanol–water partition coefficient (Wildman–Crippen LogP) is 6.75. The molecule has 4 atom stereocenters. The van der Waals surface area contributed by atoms with Gasteiger partial charge >= 0.3 is 0 Å². The number of nitrogens with zero attached hydrogens (tertiary/aromatic N) is 3. The summed E-state index contributed by atoms with van der Waals surface area (Å²) in [7, 11) is 0. The Hall–Kier alpha value is -4.18. The Bertz CT molecular complexity index is 1800. The molecule has 8 rings (SSSR count). The van der Waals surface area contributed by atoms with Gasteiger partial charge in [-0.2, -0.15) is 0 Å². The van der Waals surface area contributed by atoms with Gasteiger partial charge in [0.2, 0.25) is 0 Å². The van der Waals surface area contributed by atoms with E-state index in [4.69, 9.17) is 9.47 Å². The molecule has 258 valence electrons. The van der Waals surface area contributed by atoms with E-state index < -0.39 is 6.29 Å². The topological polar surface area (TPSA) is 82.6 Å². The van der Waals surface area contributed by atoms with Crippen LogP contribution in [-0.4, -0.2) is 76.5 Å². The van der Waals surface area contributed by atoms with E-state index >= 15 is 0 Å². The molecule has 4 aromatic carbocycles. The van der Waals surface area contributed by atoms with Gasteiger partial charge in [-0.25, -0.2) is 0 Å². The van der Waals surface area contributed by atoms with Crippen LogP contribution in [0.15, 0.2) is 97.1 Å². The van der Waals surface area contributed by atoms with E-state index in [1.807, 2.05) is 36.4 Å². The van der Waals surface area contributed by atoms with E-state index in [0.717, 1.165) is 59.4 Å². The Kier molecular flexibility index (Phi) is 9.62. The first-order valence-electron chi connectivity index (χ1n) is 18.1. The van der Waals surface area contributed by atoms with E-state index in [-0.39, 0.29) is 37.2 Å². The molecule has 0 saturated carbocycles. The molecule has 2 amide bonds. The molecular formula is C42H45N3O5. The number of hydrogen-bond donors (Lipinski definition) is 1. The van der Waals surface area contributed by atoms with Crippen molar-refractivity contribution in [1.29, 1.82) is 0 Å². The number of aliphatic hydroxyl groups excluding tert-OH is 1. The molecule has 4 aromatic rings. The van der Waals surface area contributed by atoms with Gasteiger partial charge in [0.05, 0.1) is 36.5 Å². The molecule has 4 aliphatic heterocycles. The highest BCUT2D eigenvalue weighted by Crippen LogP contribution is 2.40. The summed E-state index contributed by atoms with van der Waals surface area (Å²) in [4.78, 5) is 32.7. The van der Waals surface area contributed by atoms with E-state index in [2.05, 4.69) is 46.2 Å². The number of imide groups is 1. The highest BCUT2D eigenvalue weighted by molar-refractivity contribution is 6.21. The van der Waals surface area contributed by atoms with Crippen molar-refractivity contribution < 1.29 is 24.2 Å². The predicted molar refractivity (Wildman–Crippen MR) is 191 cm³/mol. The quantitative estimate of drug-likeness (QED) is 0.187. The first kappa shape index (κ1) is 33.0.